The Bertz CT molecular complexity index is 1330. The van der Waals surface area contributed by atoms with Crippen LogP contribution >= 0.6 is 11.1 Å². The number of para-hydroxylation sites is 1. The first-order valence-electron chi connectivity index (χ1n) is 12.2. The van der Waals surface area contributed by atoms with Gasteiger partial charge in [0.2, 0.25) is 11.3 Å². The number of nitrogens with one attached hydrogen (secondary N) is 2. The first-order valence-corrected chi connectivity index (χ1v) is 13.3. The van der Waals surface area contributed by atoms with Crippen LogP contribution in [0, 0.1) is 5.92 Å². The summed E-state index contributed by atoms with van der Waals surface area (Å²) in [5, 5.41) is 13.9. The maximum Gasteiger partial charge on any atom is 0.257 e. The molecule has 37 heavy (non-hydrogen) atoms. The maximum atomic E-state index is 13.1. The third-order valence-electron chi connectivity index (χ3n) is 6.31. The van der Waals surface area contributed by atoms with E-state index in [-0.39, 0.29) is 40.9 Å². The lowest BCUT2D eigenvalue weighted by atomic mass is 9.96. The normalized spacial score (nSPS) is 16.9. The van der Waals surface area contributed by atoms with Crippen LogP contribution in [0.25, 0.3) is 0 Å². The van der Waals surface area contributed by atoms with E-state index < -0.39 is 11.1 Å². The standard InChI is InChI=1S/C26H32N6O4S/c1-5-20(22-12-18(15-36-22)16(2)3)28-24-25(31-37(35)30-24)29-21-10-6-9-19(23(21)33)26(34)32(4)14-17-8-7-11-27-13-17/h6-11,13,15-16,20,22,33H,5,12,14H2,1-4H3,(H,28,30)(H,29,31)/t20-,22?,37?/m1/s1. The van der Waals surface area contributed by atoms with Crippen molar-refractivity contribution in [1.82, 2.24) is 18.6 Å². The van der Waals surface area contributed by atoms with Gasteiger partial charge in [-0.2, -0.15) is 0 Å². The summed E-state index contributed by atoms with van der Waals surface area (Å²) in [5.41, 5.74) is 2.80. The number of anilines is 2. The molecule has 2 unspecified atom stereocenters. The first-order chi connectivity index (χ1) is 17.8. The number of rotatable bonds is 9. The zero-order chi connectivity index (χ0) is 26.5. The third kappa shape index (κ3) is 6.17. The van der Waals surface area contributed by atoms with Crippen molar-refractivity contribution in [2.24, 2.45) is 10.9 Å². The molecule has 0 saturated carbocycles. The number of pyridine rings is 1. The number of ether oxygens (including phenoxy) is 1. The van der Waals surface area contributed by atoms with Gasteiger partial charge in [0.1, 0.15) is 6.10 Å². The van der Waals surface area contributed by atoms with Gasteiger partial charge >= 0.3 is 0 Å². The number of phenols is 1. The fourth-order valence-electron chi connectivity index (χ4n) is 4.14. The van der Waals surface area contributed by atoms with E-state index in [0.717, 1.165) is 12.0 Å². The number of amides is 1. The topological polar surface area (TPSA) is 139 Å². The predicted octanol–water partition coefficient (Wildman–Crippen LogP) is 4.26. The van der Waals surface area contributed by atoms with Gasteiger partial charge in [-0.05, 0) is 41.7 Å². The summed E-state index contributed by atoms with van der Waals surface area (Å²) >= 11 is -1.71. The van der Waals surface area contributed by atoms with Crippen LogP contribution in [0.2, 0.25) is 0 Å². The van der Waals surface area contributed by atoms with Gasteiger partial charge in [0, 0.05) is 36.8 Å². The lowest BCUT2D eigenvalue weighted by Gasteiger charge is -2.19. The van der Waals surface area contributed by atoms with Crippen molar-refractivity contribution in [2.45, 2.75) is 52.3 Å². The average molecular weight is 525 g/mol. The molecule has 3 aromatic rings. The van der Waals surface area contributed by atoms with Crippen molar-refractivity contribution in [3.05, 3.63) is 71.2 Å². The number of benzene rings is 1. The Balaban J connectivity index is 1.55. The summed E-state index contributed by atoms with van der Waals surface area (Å²) in [5.74, 6) is 0.0249. The van der Waals surface area contributed by atoms with Crippen molar-refractivity contribution >= 4 is 28.6 Å². The van der Waals surface area contributed by atoms with Gasteiger partial charge < -0.3 is 24.6 Å². The quantitative estimate of drug-likeness (QED) is 0.281. The average Bonchev–Trinajstić information content (AvgIpc) is 3.51. The van der Waals surface area contributed by atoms with Gasteiger partial charge in [-0.15, -0.1) is 4.37 Å². The van der Waals surface area contributed by atoms with Crippen LogP contribution in [0.15, 0.2) is 59.6 Å². The fourth-order valence-corrected chi connectivity index (χ4v) is 4.80. The highest BCUT2D eigenvalue weighted by Crippen LogP contribution is 2.31. The second-order valence-corrected chi connectivity index (χ2v) is 10.2. The smallest absolute Gasteiger partial charge is 0.257 e. The molecular formula is C26H32N6O4S. The van der Waals surface area contributed by atoms with E-state index in [2.05, 4.69) is 32.9 Å². The van der Waals surface area contributed by atoms with Crippen LogP contribution in [0.1, 0.15) is 49.5 Å². The minimum absolute atomic E-state index is 0.114. The first kappa shape index (κ1) is 26.4. The number of aromatic amines is 1. The summed E-state index contributed by atoms with van der Waals surface area (Å²) in [4.78, 5) is 23.4. The highest BCUT2D eigenvalue weighted by molar-refractivity contribution is 7.13. The lowest BCUT2D eigenvalue weighted by Crippen LogP contribution is -2.27. The molecule has 0 radical (unpaired) electrons. The molecule has 196 valence electrons. The van der Waals surface area contributed by atoms with Gasteiger partial charge in [0.05, 0.1) is 23.6 Å². The number of hydrogen-bond acceptors (Lipinski definition) is 8. The zero-order valence-electron chi connectivity index (χ0n) is 21.3. The summed E-state index contributed by atoms with van der Waals surface area (Å²) in [6.45, 7) is 6.61. The molecule has 11 heteroatoms. The van der Waals surface area contributed by atoms with E-state index >= 15 is 0 Å². The Morgan fingerprint density at radius 1 is 1.38 bits per heavy atom. The number of hydrogen-bond donors (Lipinski definition) is 3. The molecule has 2 aromatic heterocycles. The minimum Gasteiger partial charge on any atom is -0.548 e. The second-order valence-electron chi connectivity index (χ2n) is 9.32. The van der Waals surface area contributed by atoms with Crippen molar-refractivity contribution in [3.8, 4) is 5.75 Å². The van der Waals surface area contributed by atoms with E-state index in [1.54, 1.807) is 43.7 Å². The van der Waals surface area contributed by atoms with Crippen LogP contribution in [-0.4, -0.2) is 53.4 Å². The second kappa shape index (κ2) is 11.6. The van der Waals surface area contributed by atoms with Crippen molar-refractivity contribution in [3.63, 3.8) is 0 Å². The van der Waals surface area contributed by atoms with Crippen LogP contribution in [0.3, 0.4) is 0 Å². The summed E-state index contributed by atoms with van der Waals surface area (Å²) in [6.07, 6.45) is 6.56. The summed E-state index contributed by atoms with van der Waals surface area (Å²) in [6, 6.07) is 8.32. The van der Waals surface area contributed by atoms with E-state index in [1.807, 2.05) is 19.3 Å². The van der Waals surface area contributed by atoms with Crippen LogP contribution in [-0.2, 0) is 11.3 Å². The highest BCUT2D eigenvalue weighted by atomic mass is 32.2. The molecule has 0 bridgehead atoms. The predicted molar refractivity (Wildman–Crippen MR) is 141 cm³/mol. The third-order valence-corrected chi connectivity index (χ3v) is 7.02. The SMILES string of the molecule is CC[C@@H](N=c1[nH][s+]([O-])nc1Nc1cccc(C(=O)N(C)Cc2cccnc2)c1O)C1CC(C(C)C)=CO1. The molecule has 10 nitrogen and oxygen atoms in total. The number of carbonyl (C=O) groups excluding carboxylic acids is 1. The summed E-state index contributed by atoms with van der Waals surface area (Å²) < 4.78 is 25.0. The molecule has 4 rings (SSSR count). The molecule has 0 aliphatic carbocycles. The van der Waals surface area contributed by atoms with Crippen molar-refractivity contribution in [2.75, 3.05) is 12.4 Å². The Kier molecular flexibility index (Phi) is 8.24. The Labute approximate surface area is 218 Å². The largest absolute Gasteiger partial charge is 0.548 e. The fraction of sp³-hybridized carbons (Fsp3) is 0.385. The number of carbonyl (C=O) groups is 1. The molecular weight excluding hydrogens is 492 g/mol. The maximum absolute atomic E-state index is 13.1. The van der Waals surface area contributed by atoms with E-state index in [9.17, 15) is 14.5 Å². The number of nitrogens with zero attached hydrogens (tertiary/aromatic N) is 4. The molecule has 1 amide bonds. The van der Waals surface area contributed by atoms with Gasteiger partial charge in [-0.25, -0.2) is 0 Å². The van der Waals surface area contributed by atoms with Crippen molar-refractivity contribution in [1.29, 1.82) is 0 Å². The van der Waals surface area contributed by atoms with Gasteiger partial charge in [0.15, 0.2) is 16.9 Å². The molecule has 1 aromatic carbocycles. The van der Waals surface area contributed by atoms with Gasteiger partial charge in [0.25, 0.3) is 5.91 Å². The molecule has 1 aliphatic rings. The van der Waals surface area contributed by atoms with Crippen molar-refractivity contribution < 1.29 is 19.2 Å². The highest BCUT2D eigenvalue weighted by Gasteiger charge is 2.28. The molecule has 0 spiro atoms. The number of phenolic OH excluding ortho intramolecular Hbond substituents is 1. The molecule has 0 fully saturated rings. The number of aromatic hydroxyl groups is 1. The molecule has 0 saturated heterocycles. The number of aromatic nitrogens is 3. The molecule has 3 atom stereocenters. The molecule has 1 aliphatic heterocycles. The monoisotopic (exact) mass is 524 g/mol. The number of H-pyrrole nitrogens is 1. The Morgan fingerprint density at radius 3 is 2.86 bits per heavy atom. The minimum atomic E-state index is -1.71. The van der Waals surface area contributed by atoms with E-state index in [0.29, 0.717) is 24.4 Å². The Morgan fingerprint density at radius 2 is 2.19 bits per heavy atom. The van der Waals surface area contributed by atoms with Crippen LogP contribution in [0.5, 0.6) is 5.75 Å². The molecule has 3 heterocycles. The van der Waals surface area contributed by atoms with Gasteiger partial charge in [-0.3, -0.25) is 14.8 Å². The zero-order valence-corrected chi connectivity index (χ0v) is 22.2. The van der Waals surface area contributed by atoms with E-state index in [4.69, 9.17) is 9.73 Å². The van der Waals surface area contributed by atoms with E-state index in [1.165, 1.54) is 10.5 Å². The van der Waals surface area contributed by atoms with Crippen LogP contribution < -0.4 is 10.8 Å². The molecule has 3 N–H and O–H groups in total. The Hall–Kier alpha value is -3.70. The lowest BCUT2D eigenvalue weighted by molar-refractivity contribution is 0.0782. The summed E-state index contributed by atoms with van der Waals surface area (Å²) in [7, 11) is 1.66. The van der Waals surface area contributed by atoms with Gasteiger partial charge in [-0.1, -0.05) is 32.9 Å². The van der Waals surface area contributed by atoms with Crippen LogP contribution in [0.4, 0.5) is 11.5 Å².